The predicted octanol–water partition coefficient (Wildman–Crippen LogP) is 2.49. The first-order valence-electron chi connectivity index (χ1n) is 6.38. The third-order valence-corrected chi connectivity index (χ3v) is 3.69. The molecule has 2 atom stereocenters. The number of hydrogen-bond donors (Lipinski definition) is 1. The summed E-state index contributed by atoms with van der Waals surface area (Å²) in [6.45, 7) is 0.950. The van der Waals surface area contributed by atoms with Crippen LogP contribution in [0.25, 0.3) is 0 Å². The Kier molecular flexibility index (Phi) is 4.31. The van der Waals surface area contributed by atoms with Crippen LogP contribution in [-0.2, 0) is 0 Å². The second-order valence-electron chi connectivity index (χ2n) is 4.87. The maximum atomic E-state index is 13.1. The Bertz CT molecular complexity index is 467. The number of halogens is 1. The van der Waals surface area contributed by atoms with Crippen LogP contribution in [0.1, 0.15) is 19.3 Å². The number of nitrogens with two attached hydrogens (primary N) is 1. The molecular weight excluding hydrogens is 251 g/mol. The van der Waals surface area contributed by atoms with Gasteiger partial charge < -0.3 is 10.5 Å². The lowest BCUT2D eigenvalue weighted by Crippen LogP contribution is -2.23. The van der Waals surface area contributed by atoms with Gasteiger partial charge in [-0.3, -0.25) is 10.1 Å². The highest BCUT2D eigenvalue weighted by molar-refractivity contribution is 5.46. The molecule has 2 unspecified atom stereocenters. The van der Waals surface area contributed by atoms with E-state index in [1.54, 1.807) is 0 Å². The zero-order valence-corrected chi connectivity index (χ0v) is 10.5. The SMILES string of the molecule is NCC1CCCC1COc1cc(F)ccc1[N+](=O)[O-]. The molecule has 0 heterocycles. The molecule has 2 rings (SSSR count). The molecule has 0 amide bonds. The molecule has 6 heteroatoms. The van der Waals surface area contributed by atoms with Crippen LogP contribution in [0.15, 0.2) is 18.2 Å². The molecule has 0 aliphatic heterocycles. The largest absolute Gasteiger partial charge is 0.486 e. The molecule has 1 saturated carbocycles. The van der Waals surface area contributed by atoms with E-state index in [1.165, 1.54) is 0 Å². The van der Waals surface area contributed by atoms with Crippen molar-refractivity contribution in [3.63, 3.8) is 0 Å². The molecule has 1 aromatic carbocycles. The average molecular weight is 268 g/mol. The summed E-state index contributed by atoms with van der Waals surface area (Å²) in [5, 5.41) is 10.8. The topological polar surface area (TPSA) is 78.4 Å². The van der Waals surface area contributed by atoms with Gasteiger partial charge in [-0.2, -0.15) is 0 Å². The number of benzene rings is 1. The summed E-state index contributed by atoms with van der Waals surface area (Å²) >= 11 is 0. The van der Waals surface area contributed by atoms with Gasteiger partial charge in [0.2, 0.25) is 0 Å². The normalized spacial score (nSPS) is 22.4. The van der Waals surface area contributed by atoms with Crippen molar-refractivity contribution in [3.05, 3.63) is 34.1 Å². The van der Waals surface area contributed by atoms with Crippen LogP contribution in [0.5, 0.6) is 5.75 Å². The number of nitrogens with zero attached hydrogens (tertiary/aromatic N) is 1. The Hall–Kier alpha value is -1.69. The first kappa shape index (κ1) is 13.7. The maximum Gasteiger partial charge on any atom is 0.311 e. The second kappa shape index (κ2) is 5.97. The predicted molar refractivity (Wildman–Crippen MR) is 68.4 cm³/mol. The van der Waals surface area contributed by atoms with E-state index >= 15 is 0 Å². The van der Waals surface area contributed by atoms with Crippen molar-refractivity contribution in [1.82, 2.24) is 0 Å². The van der Waals surface area contributed by atoms with E-state index in [4.69, 9.17) is 10.5 Å². The quantitative estimate of drug-likeness (QED) is 0.657. The van der Waals surface area contributed by atoms with Gasteiger partial charge in [-0.05, 0) is 37.3 Å². The zero-order chi connectivity index (χ0) is 13.8. The van der Waals surface area contributed by atoms with Gasteiger partial charge in [0.25, 0.3) is 0 Å². The molecule has 0 radical (unpaired) electrons. The van der Waals surface area contributed by atoms with Crippen molar-refractivity contribution in [2.45, 2.75) is 19.3 Å². The molecule has 1 aliphatic rings. The van der Waals surface area contributed by atoms with Gasteiger partial charge in [0, 0.05) is 12.1 Å². The van der Waals surface area contributed by atoms with Gasteiger partial charge >= 0.3 is 5.69 Å². The molecule has 2 N–H and O–H groups in total. The van der Waals surface area contributed by atoms with Gasteiger partial charge in [0.05, 0.1) is 11.5 Å². The number of nitro benzene ring substituents is 1. The minimum atomic E-state index is -0.566. The minimum absolute atomic E-state index is 0.00679. The first-order chi connectivity index (χ1) is 9.11. The van der Waals surface area contributed by atoms with Gasteiger partial charge in [0.1, 0.15) is 5.82 Å². The highest BCUT2D eigenvalue weighted by Crippen LogP contribution is 2.33. The lowest BCUT2D eigenvalue weighted by atomic mass is 9.97. The zero-order valence-electron chi connectivity index (χ0n) is 10.5. The summed E-state index contributed by atoms with van der Waals surface area (Å²) in [6.07, 6.45) is 3.17. The molecule has 5 nitrogen and oxygen atoms in total. The van der Waals surface area contributed by atoms with E-state index in [0.717, 1.165) is 37.5 Å². The van der Waals surface area contributed by atoms with Crippen molar-refractivity contribution >= 4 is 5.69 Å². The number of hydrogen-bond acceptors (Lipinski definition) is 4. The highest BCUT2D eigenvalue weighted by Gasteiger charge is 2.27. The third kappa shape index (κ3) is 3.20. The summed E-state index contributed by atoms with van der Waals surface area (Å²) in [4.78, 5) is 10.3. The number of ether oxygens (including phenoxy) is 1. The Labute approximate surface area is 110 Å². The van der Waals surface area contributed by atoms with Gasteiger partial charge in [0.15, 0.2) is 5.75 Å². The summed E-state index contributed by atoms with van der Waals surface area (Å²) < 4.78 is 18.6. The molecule has 1 aromatic rings. The third-order valence-electron chi connectivity index (χ3n) is 3.69. The van der Waals surface area contributed by atoms with E-state index in [9.17, 15) is 14.5 Å². The van der Waals surface area contributed by atoms with E-state index in [0.29, 0.717) is 25.0 Å². The fourth-order valence-electron chi connectivity index (χ4n) is 2.59. The Morgan fingerprint density at radius 2 is 2.16 bits per heavy atom. The highest BCUT2D eigenvalue weighted by atomic mass is 19.1. The second-order valence-corrected chi connectivity index (χ2v) is 4.87. The smallest absolute Gasteiger partial charge is 0.311 e. The van der Waals surface area contributed by atoms with Crippen LogP contribution in [0.4, 0.5) is 10.1 Å². The van der Waals surface area contributed by atoms with E-state index in [-0.39, 0.29) is 11.4 Å². The Morgan fingerprint density at radius 3 is 2.84 bits per heavy atom. The average Bonchev–Trinajstić information content (AvgIpc) is 2.83. The molecule has 0 saturated heterocycles. The Balaban J connectivity index is 2.06. The van der Waals surface area contributed by atoms with Crippen LogP contribution in [-0.4, -0.2) is 18.1 Å². The van der Waals surface area contributed by atoms with Crippen molar-refractivity contribution in [1.29, 1.82) is 0 Å². The lowest BCUT2D eigenvalue weighted by molar-refractivity contribution is -0.386. The van der Waals surface area contributed by atoms with Crippen molar-refractivity contribution in [3.8, 4) is 5.75 Å². The summed E-state index contributed by atoms with van der Waals surface area (Å²) in [7, 11) is 0. The summed E-state index contributed by atoms with van der Waals surface area (Å²) in [5.41, 5.74) is 5.47. The van der Waals surface area contributed by atoms with Crippen LogP contribution < -0.4 is 10.5 Å². The Morgan fingerprint density at radius 1 is 1.42 bits per heavy atom. The lowest BCUT2D eigenvalue weighted by Gasteiger charge is -2.18. The van der Waals surface area contributed by atoms with Crippen LogP contribution in [0.2, 0.25) is 0 Å². The molecule has 1 fully saturated rings. The van der Waals surface area contributed by atoms with Gasteiger partial charge in [-0.25, -0.2) is 4.39 Å². The monoisotopic (exact) mass is 268 g/mol. The number of rotatable bonds is 5. The van der Waals surface area contributed by atoms with Crippen LogP contribution in [0, 0.1) is 27.8 Å². The maximum absolute atomic E-state index is 13.1. The fourth-order valence-corrected chi connectivity index (χ4v) is 2.59. The summed E-state index contributed by atoms with van der Waals surface area (Å²) in [5.74, 6) is 0.149. The van der Waals surface area contributed by atoms with E-state index in [2.05, 4.69) is 0 Å². The standard InChI is InChI=1S/C13H17FN2O3/c14-11-4-5-12(16(17)18)13(6-11)19-8-10-3-1-2-9(10)7-15/h4-6,9-10H,1-3,7-8,15H2. The molecule has 104 valence electrons. The summed E-state index contributed by atoms with van der Waals surface area (Å²) in [6, 6.07) is 3.24. The van der Waals surface area contributed by atoms with E-state index in [1.807, 2.05) is 0 Å². The van der Waals surface area contributed by atoms with Gasteiger partial charge in [-0.15, -0.1) is 0 Å². The molecular formula is C13H17FN2O3. The minimum Gasteiger partial charge on any atom is -0.486 e. The van der Waals surface area contributed by atoms with Crippen molar-refractivity contribution in [2.24, 2.45) is 17.6 Å². The molecule has 0 bridgehead atoms. The van der Waals surface area contributed by atoms with E-state index < -0.39 is 10.7 Å². The van der Waals surface area contributed by atoms with Crippen LogP contribution in [0.3, 0.4) is 0 Å². The number of nitro groups is 1. The molecule has 1 aliphatic carbocycles. The van der Waals surface area contributed by atoms with Crippen molar-refractivity contribution in [2.75, 3.05) is 13.2 Å². The van der Waals surface area contributed by atoms with Gasteiger partial charge in [-0.1, -0.05) is 6.42 Å². The molecule has 19 heavy (non-hydrogen) atoms. The molecule has 0 spiro atoms. The molecule has 0 aromatic heterocycles. The fraction of sp³-hybridized carbons (Fsp3) is 0.538. The first-order valence-corrected chi connectivity index (χ1v) is 6.38. The van der Waals surface area contributed by atoms with Crippen molar-refractivity contribution < 1.29 is 14.1 Å². The van der Waals surface area contributed by atoms with Crippen LogP contribution >= 0.6 is 0 Å².